The van der Waals surface area contributed by atoms with Gasteiger partial charge in [-0.2, -0.15) is 0 Å². The first-order valence-corrected chi connectivity index (χ1v) is 7.31. The molecule has 0 amide bonds. The molecular formula is C15H21ClN2O. The van der Waals surface area contributed by atoms with E-state index in [1.165, 1.54) is 0 Å². The molecular weight excluding hydrogens is 260 g/mol. The number of benzene rings is 1. The number of nitrogens with zero attached hydrogens (tertiary/aromatic N) is 1. The van der Waals surface area contributed by atoms with E-state index in [-0.39, 0.29) is 11.6 Å². The van der Waals surface area contributed by atoms with Crippen LogP contribution in [0, 0.1) is 0 Å². The first-order valence-electron chi connectivity index (χ1n) is 6.93. The average Bonchev–Trinajstić information content (AvgIpc) is 2.36. The highest BCUT2D eigenvalue weighted by Gasteiger charge is 2.43. The number of fused-ring (bicyclic) bond motifs is 1. The molecule has 0 bridgehead atoms. The fourth-order valence-electron chi connectivity index (χ4n) is 3.36. The predicted octanol–water partition coefficient (Wildman–Crippen LogP) is 2.98. The Balaban J connectivity index is 1.90. The van der Waals surface area contributed by atoms with Crippen molar-refractivity contribution in [2.24, 2.45) is 5.73 Å². The van der Waals surface area contributed by atoms with E-state index in [1.807, 2.05) is 18.2 Å². The third kappa shape index (κ3) is 2.35. The van der Waals surface area contributed by atoms with Crippen LogP contribution in [0.5, 0.6) is 5.75 Å². The number of halogens is 1. The van der Waals surface area contributed by atoms with Crippen LogP contribution in [0.1, 0.15) is 37.8 Å². The van der Waals surface area contributed by atoms with Crippen molar-refractivity contribution in [3.63, 3.8) is 0 Å². The molecule has 2 heterocycles. The van der Waals surface area contributed by atoms with Gasteiger partial charge in [-0.3, -0.25) is 0 Å². The van der Waals surface area contributed by atoms with Gasteiger partial charge in [0.25, 0.3) is 0 Å². The average molecular weight is 281 g/mol. The van der Waals surface area contributed by atoms with Crippen molar-refractivity contribution in [3.8, 4) is 5.75 Å². The summed E-state index contributed by atoms with van der Waals surface area (Å²) in [5.41, 5.74) is 7.30. The van der Waals surface area contributed by atoms with E-state index in [0.29, 0.717) is 6.04 Å². The molecule has 1 aromatic rings. The summed E-state index contributed by atoms with van der Waals surface area (Å²) in [6, 6.07) is 6.34. The van der Waals surface area contributed by atoms with Crippen molar-refractivity contribution in [2.75, 3.05) is 13.6 Å². The van der Waals surface area contributed by atoms with Crippen molar-refractivity contribution in [2.45, 2.75) is 43.9 Å². The maximum atomic E-state index is 6.35. The second-order valence-electron chi connectivity index (χ2n) is 6.06. The standard InChI is InChI=1S/C15H21ClN2O/c1-10-8-15(5-6-18(10)2)9-13(17)12-7-11(16)3-4-14(12)19-15/h3-4,7,10,13H,5-6,8-9,17H2,1-2H3/t10?,13-,15?/m1/s1. The van der Waals surface area contributed by atoms with Crippen molar-refractivity contribution in [3.05, 3.63) is 28.8 Å². The molecule has 0 aliphatic carbocycles. The summed E-state index contributed by atoms with van der Waals surface area (Å²) in [7, 11) is 2.17. The molecule has 0 radical (unpaired) electrons. The molecule has 1 fully saturated rings. The van der Waals surface area contributed by atoms with Gasteiger partial charge in [-0.05, 0) is 38.6 Å². The summed E-state index contributed by atoms with van der Waals surface area (Å²) < 4.78 is 6.34. The molecule has 2 aliphatic heterocycles. The highest BCUT2D eigenvalue weighted by molar-refractivity contribution is 6.30. The quantitative estimate of drug-likeness (QED) is 0.794. The Morgan fingerprint density at radius 3 is 2.95 bits per heavy atom. The van der Waals surface area contributed by atoms with Gasteiger partial charge in [0, 0.05) is 42.1 Å². The smallest absolute Gasteiger partial charge is 0.125 e. The minimum absolute atomic E-state index is 0.0260. The largest absolute Gasteiger partial charge is 0.487 e. The second kappa shape index (κ2) is 4.65. The number of hydrogen-bond donors (Lipinski definition) is 1. The normalized spacial score (nSPS) is 34.9. The van der Waals surface area contributed by atoms with E-state index in [4.69, 9.17) is 22.1 Å². The van der Waals surface area contributed by atoms with Crippen molar-refractivity contribution in [1.29, 1.82) is 0 Å². The molecule has 1 spiro atoms. The Morgan fingerprint density at radius 1 is 1.42 bits per heavy atom. The Kier molecular flexibility index (Phi) is 3.24. The van der Waals surface area contributed by atoms with E-state index in [2.05, 4.69) is 18.9 Å². The summed E-state index contributed by atoms with van der Waals surface area (Å²) >= 11 is 6.04. The zero-order chi connectivity index (χ0) is 13.6. The van der Waals surface area contributed by atoms with Crippen LogP contribution in [0.3, 0.4) is 0 Å². The topological polar surface area (TPSA) is 38.5 Å². The SMILES string of the molecule is CC1CC2(CCN1C)C[C@@H](N)c1cc(Cl)ccc1O2. The summed E-state index contributed by atoms with van der Waals surface area (Å²) in [5.74, 6) is 0.917. The lowest BCUT2D eigenvalue weighted by Gasteiger charge is -2.48. The molecule has 1 saturated heterocycles. The van der Waals surface area contributed by atoms with E-state index in [1.54, 1.807) is 0 Å². The molecule has 4 heteroatoms. The summed E-state index contributed by atoms with van der Waals surface area (Å²) in [6.45, 7) is 3.32. The van der Waals surface area contributed by atoms with Gasteiger partial charge in [-0.15, -0.1) is 0 Å². The van der Waals surface area contributed by atoms with E-state index >= 15 is 0 Å². The van der Waals surface area contributed by atoms with Crippen LogP contribution in [-0.2, 0) is 0 Å². The van der Waals surface area contributed by atoms with Gasteiger partial charge in [-0.1, -0.05) is 11.6 Å². The highest BCUT2D eigenvalue weighted by atomic mass is 35.5. The molecule has 3 rings (SSSR count). The van der Waals surface area contributed by atoms with E-state index in [9.17, 15) is 0 Å². The first kappa shape index (κ1) is 13.2. The van der Waals surface area contributed by atoms with Crippen LogP contribution in [0.4, 0.5) is 0 Å². The molecule has 3 nitrogen and oxygen atoms in total. The summed E-state index contributed by atoms with van der Waals surface area (Å²) in [5, 5.41) is 0.727. The molecule has 2 unspecified atom stereocenters. The van der Waals surface area contributed by atoms with Gasteiger partial charge in [0.1, 0.15) is 11.4 Å². The van der Waals surface area contributed by atoms with Gasteiger partial charge in [0.15, 0.2) is 0 Å². The van der Waals surface area contributed by atoms with Gasteiger partial charge in [-0.25, -0.2) is 0 Å². The Labute approximate surface area is 119 Å². The Hall–Kier alpha value is -0.770. The van der Waals surface area contributed by atoms with Crippen molar-refractivity contribution >= 4 is 11.6 Å². The maximum Gasteiger partial charge on any atom is 0.125 e. The number of piperidine rings is 1. The monoisotopic (exact) mass is 280 g/mol. The first-order chi connectivity index (χ1) is 8.99. The highest BCUT2D eigenvalue weighted by Crippen LogP contribution is 2.44. The Morgan fingerprint density at radius 2 is 2.21 bits per heavy atom. The second-order valence-corrected chi connectivity index (χ2v) is 6.50. The minimum Gasteiger partial charge on any atom is -0.487 e. The van der Waals surface area contributed by atoms with Gasteiger partial charge < -0.3 is 15.4 Å². The lowest BCUT2D eigenvalue weighted by Crippen LogP contribution is -2.53. The van der Waals surface area contributed by atoms with E-state index in [0.717, 1.165) is 42.1 Å². The summed E-state index contributed by atoms with van der Waals surface area (Å²) in [6.07, 6.45) is 2.97. The number of rotatable bonds is 0. The molecule has 104 valence electrons. The molecule has 0 saturated carbocycles. The summed E-state index contributed by atoms with van der Waals surface area (Å²) in [4.78, 5) is 2.39. The number of hydrogen-bond acceptors (Lipinski definition) is 3. The lowest BCUT2D eigenvalue weighted by molar-refractivity contribution is -0.0357. The fraction of sp³-hybridized carbons (Fsp3) is 0.600. The van der Waals surface area contributed by atoms with Crippen molar-refractivity contribution in [1.82, 2.24) is 4.90 Å². The number of ether oxygens (including phenoxy) is 1. The minimum atomic E-state index is -0.0911. The van der Waals surface area contributed by atoms with Crippen LogP contribution in [0.25, 0.3) is 0 Å². The molecule has 0 aromatic heterocycles. The zero-order valence-electron chi connectivity index (χ0n) is 11.5. The number of nitrogens with two attached hydrogens (primary N) is 1. The van der Waals surface area contributed by atoms with Crippen LogP contribution in [-0.4, -0.2) is 30.1 Å². The fourth-order valence-corrected chi connectivity index (χ4v) is 3.54. The van der Waals surface area contributed by atoms with Crippen LogP contribution in [0.2, 0.25) is 5.02 Å². The lowest BCUT2D eigenvalue weighted by atomic mass is 9.78. The zero-order valence-corrected chi connectivity index (χ0v) is 12.3. The Bertz CT molecular complexity index is 493. The van der Waals surface area contributed by atoms with Gasteiger partial charge >= 0.3 is 0 Å². The predicted molar refractivity (Wildman–Crippen MR) is 77.7 cm³/mol. The van der Waals surface area contributed by atoms with Crippen LogP contribution in [0.15, 0.2) is 18.2 Å². The maximum absolute atomic E-state index is 6.35. The molecule has 1 aromatic carbocycles. The van der Waals surface area contributed by atoms with Gasteiger partial charge in [0.05, 0.1) is 0 Å². The van der Waals surface area contributed by atoms with E-state index < -0.39 is 0 Å². The third-order valence-corrected chi connectivity index (χ3v) is 4.86. The molecule has 2 aliphatic rings. The van der Waals surface area contributed by atoms with Gasteiger partial charge in [0.2, 0.25) is 0 Å². The third-order valence-electron chi connectivity index (χ3n) is 4.63. The molecule has 3 atom stereocenters. The molecule has 2 N–H and O–H groups in total. The molecule has 19 heavy (non-hydrogen) atoms. The number of likely N-dealkylation sites (tertiary alicyclic amines) is 1. The van der Waals surface area contributed by atoms with Crippen LogP contribution >= 0.6 is 11.6 Å². The van der Waals surface area contributed by atoms with Crippen LogP contribution < -0.4 is 10.5 Å². The van der Waals surface area contributed by atoms with Crippen molar-refractivity contribution < 1.29 is 4.74 Å².